The monoisotopic (exact) mass is 381 g/mol. The van der Waals surface area contributed by atoms with E-state index in [9.17, 15) is 4.39 Å². The zero-order valence-corrected chi connectivity index (χ0v) is 16.7. The van der Waals surface area contributed by atoms with Crippen molar-refractivity contribution in [1.82, 2.24) is 10.2 Å². The highest BCUT2D eigenvalue weighted by Gasteiger charge is 2.25. The Hall–Kier alpha value is -1.95. The maximum Gasteiger partial charge on any atom is 0.219 e. The molecule has 0 fully saturated rings. The quantitative estimate of drug-likeness (QED) is 0.328. The number of hydrogen-bond acceptors (Lipinski definition) is 2. The highest BCUT2D eigenvalue weighted by atomic mass is 35.5. The van der Waals surface area contributed by atoms with Crippen molar-refractivity contribution in [2.24, 2.45) is 20.9 Å². The third-order valence-electron chi connectivity index (χ3n) is 3.64. The summed E-state index contributed by atoms with van der Waals surface area (Å²) < 4.78 is 13.4. The zero-order chi connectivity index (χ0) is 19.7. The molecule has 0 bridgehead atoms. The molecule has 7 heteroatoms. The number of guanidine groups is 1. The average Bonchev–Trinajstić information content (AvgIpc) is 2.57. The van der Waals surface area contributed by atoms with Crippen LogP contribution in [0.1, 0.15) is 27.2 Å². The van der Waals surface area contributed by atoms with Crippen LogP contribution in [0.5, 0.6) is 0 Å². The molecule has 0 saturated carbocycles. The molecule has 0 aromatic carbocycles. The van der Waals surface area contributed by atoms with E-state index >= 15 is 0 Å². The van der Waals surface area contributed by atoms with Crippen molar-refractivity contribution < 1.29 is 4.39 Å². The van der Waals surface area contributed by atoms with Crippen molar-refractivity contribution in [3.8, 4) is 0 Å². The lowest BCUT2D eigenvalue weighted by atomic mass is 10.0. The van der Waals surface area contributed by atoms with E-state index in [0.29, 0.717) is 12.5 Å². The molecule has 1 aliphatic rings. The molecule has 0 heterocycles. The summed E-state index contributed by atoms with van der Waals surface area (Å²) in [6.45, 7) is 14.2. The lowest BCUT2D eigenvalue weighted by Gasteiger charge is -2.26. The van der Waals surface area contributed by atoms with E-state index in [1.165, 1.54) is 6.08 Å². The van der Waals surface area contributed by atoms with Crippen molar-refractivity contribution >= 4 is 29.7 Å². The molecule has 0 saturated heterocycles. The van der Waals surface area contributed by atoms with Crippen LogP contribution in [0.3, 0.4) is 0 Å². The van der Waals surface area contributed by atoms with Crippen LogP contribution in [-0.4, -0.2) is 54.2 Å². The van der Waals surface area contributed by atoms with Gasteiger partial charge in [0.1, 0.15) is 12.0 Å². The summed E-state index contributed by atoms with van der Waals surface area (Å²) in [5.74, 6) is 1.26. The lowest BCUT2D eigenvalue weighted by Crippen LogP contribution is -2.43. The Labute approximate surface area is 161 Å². The first-order chi connectivity index (χ1) is 12.3. The van der Waals surface area contributed by atoms with E-state index in [4.69, 9.17) is 11.6 Å². The van der Waals surface area contributed by atoms with Crippen LogP contribution in [0.15, 0.2) is 52.1 Å². The minimum atomic E-state index is -1.01. The SMILES string of the molecule is C=CN(/C=N\CC(=C)C)/C(=N/C(=N\C)NC1C=CC(F)CC1Cl)C(C)C. The van der Waals surface area contributed by atoms with Crippen molar-refractivity contribution in [3.05, 3.63) is 37.1 Å². The number of nitrogens with one attached hydrogen (secondary N) is 1. The minimum absolute atomic E-state index is 0.103. The normalized spacial score (nSPS) is 24.2. The van der Waals surface area contributed by atoms with Crippen molar-refractivity contribution in [2.45, 2.75) is 44.8 Å². The van der Waals surface area contributed by atoms with Crippen LogP contribution < -0.4 is 5.32 Å². The first-order valence-corrected chi connectivity index (χ1v) is 9.05. The van der Waals surface area contributed by atoms with E-state index in [2.05, 4.69) is 33.5 Å². The Morgan fingerprint density at radius 1 is 1.46 bits per heavy atom. The predicted octanol–water partition coefficient (Wildman–Crippen LogP) is 3.94. The van der Waals surface area contributed by atoms with Gasteiger partial charge in [-0.2, -0.15) is 4.99 Å². The van der Waals surface area contributed by atoms with Crippen LogP contribution >= 0.6 is 11.6 Å². The maximum atomic E-state index is 13.4. The van der Waals surface area contributed by atoms with Crippen LogP contribution in [0.4, 0.5) is 4.39 Å². The van der Waals surface area contributed by atoms with Crippen molar-refractivity contribution in [1.29, 1.82) is 0 Å². The zero-order valence-electron chi connectivity index (χ0n) is 16.0. The molecular formula is C19H29ClFN5. The number of amidine groups is 1. The first-order valence-electron chi connectivity index (χ1n) is 8.62. The fourth-order valence-corrected chi connectivity index (χ4v) is 2.63. The molecule has 0 amide bonds. The van der Waals surface area contributed by atoms with E-state index < -0.39 is 6.17 Å². The molecule has 3 atom stereocenters. The standard InChI is InChI=1S/C19H29ClFN5/c1-7-26(12-23-11-13(2)3)18(14(4)5)25-19(22-6)24-17-9-8-15(21)10-16(17)20/h7-9,12,14-17H,1-2,10-11H2,3-6H3,(H,22,24)/b23-12-,25-18+. The maximum absolute atomic E-state index is 13.4. The topological polar surface area (TPSA) is 52.4 Å². The average molecular weight is 382 g/mol. The Morgan fingerprint density at radius 3 is 2.65 bits per heavy atom. The Bertz CT molecular complexity index is 609. The number of allylic oxidation sites excluding steroid dienone is 1. The third kappa shape index (κ3) is 7.12. The van der Waals surface area contributed by atoms with Crippen LogP contribution in [0.2, 0.25) is 0 Å². The van der Waals surface area contributed by atoms with Gasteiger partial charge < -0.3 is 5.32 Å². The summed E-state index contributed by atoms with van der Waals surface area (Å²) in [4.78, 5) is 14.9. The van der Waals surface area contributed by atoms with Gasteiger partial charge >= 0.3 is 0 Å². The third-order valence-corrected chi connectivity index (χ3v) is 4.09. The molecule has 144 valence electrons. The molecule has 3 unspecified atom stereocenters. The van der Waals surface area contributed by atoms with Gasteiger partial charge in [0.05, 0.1) is 24.3 Å². The Kier molecular flexibility index (Phi) is 9.27. The fraction of sp³-hybridized carbons (Fsp3) is 0.526. The van der Waals surface area contributed by atoms with E-state index in [-0.39, 0.29) is 23.8 Å². The fourth-order valence-electron chi connectivity index (χ4n) is 2.31. The molecule has 1 rings (SSSR count). The van der Waals surface area contributed by atoms with E-state index in [1.54, 1.807) is 30.6 Å². The molecule has 1 aliphatic carbocycles. The van der Waals surface area contributed by atoms with Crippen LogP contribution in [0, 0.1) is 5.92 Å². The second-order valence-corrected chi connectivity index (χ2v) is 7.06. The van der Waals surface area contributed by atoms with E-state index in [0.717, 1.165) is 11.4 Å². The van der Waals surface area contributed by atoms with Gasteiger partial charge in [-0.25, -0.2) is 4.39 Å². The lowest BCUT2D eigenvalue weighted by molar-refractivity contribution is 0.351. The van der Waals surface area contributed by atoms with Gasteiger partial charge in [0.15, 0.2) is 0 Å². The summed E-state index contributed by atoms with van der Waals surface area (Å²) in [6.07, 6.45) is 5.81. The van der Waals surface area contributed by atoms with Crippen LogP contribution in [0.25, 0.3) is 0 Å². The van der Waals surface area contributed by atoms with Gasteiger partial charge in [-0.05, 0) is 6.92 Å². The van der Waals surface area contributed by atoms with Crippen molar-refractivity contribution in [2.75, 3.05) is 13.6 Å². The van der Waals surface area contributed by atoms with Gasteiger partial charge in [0.2, 0.25) is 5.96 Å². The number of alkyl halides is 2. The van der Waals surface area contributed by atoms with E-state index in [1.807, 2.05) is 20.8 Å². The molecule has 0 aromatic heterocycles. The Balaban J connectivity index is 2.99. The van der Waals surface area contributed by atoms with Gasteiger partial charge in [-0.1, -0.05) is 44.7 Å². The number of aliphatic imine (C=N–C) groups is 3. The predicted molar refractivity (Wildman–Crippen MR) is 111 cm³/mol. The van der Waals surface area contributed by atoms with Gasteiger partial charge in [-0.3, -0.25) is 14.9 Å². The molecule has 0 aliphatic heterocycles. The van der Waals surface area contributed by atoms with Crippen molar-refractivity contribution in [3.63, 3.8) is 0 Å². The number of hydrogen-bond donors (Lipinski definition) is 1. The molecule has 1 N–H and O–H groups in total. The molecule has 26 heavy (non-hydrogen) atoms. The summed E-state index contributed by atoms with van der Waals surface area (Å²) in [6, 6.07) is -0.228. The second kappa shape index (κ2) is 10.9. The van der Waals surface area contributed by atoms with Gasteiger partial charge in [-0.15, -0.1) is 11.6 Å². The number of rotatable bonds is 6. The first kappa shape index (κ1) is 22.1. The largest absolute Gasteiger partial charge is 0.347 e. The minimum Gasteiger partial charge on any atom is -0.347 e. The number of halogens is 2. The number of nitrogens with zero attached hydrogens (tertiary/aromatic N) is 4. The molecular weight excluding hydrogens is 353 g/mol. The molecule has 0 spiro atoms. The second-order valence-electron chi connectivity index (χ2n) is 6.50. The highest BCUT2D eigenvalue weighted by Crippen LogP contribution is 2.20. The summed E-state index contributed by atoms with van der Waals surface area (Å²) in [5, 5.41) is 2.81. The van der Waals surface area contributed by atoms with Crippen LogP contribution in [-0.2, 0) is 0 Å². The van der Waals surface area contributed by atoms with Gasteiger partial charge in [0.25, 0.3) is 0 Å². The highest BCUT2D eigenvalue weighted by molar-refractivity contribution is 6.21. The Morgan fingerprint density at radius 2 is 2.15 bits per heavy atom. The molecule has 0 aromatic rings. The summed E-state index contributed by atoms with van der Waals surface area (Å²) in [5.41, 5.74) is 0.967. The summed E-state index contributed by atoms with van der Waals surface area (Å²) >= 11 is 6.25. The summed E-state index contributed by atoms with van der Waals surface area (Å²) in [7, 11) is 1.64. The molecule has 5 nitrogen and oxygen atoms in total. The van der Waals surface area contributed by atoms with Gasteiger partial charge in [0, 0.05) is 25.6 Å². The smallest absolute Gasteiger partial charge is 0.219 e. The molecule has 0 radical (unpaired) electrons.